The number of amides is 3. The predicted molar refractivity (Wildman–Crippen MR) is 71.6 cm³/mol. The van der Waals surface area contributed by atoms with Gasteiger partial charge in [0.25, 0.3) is 5.91 Å². The van der Waals surface area contributed by atoms with Crippen molar-refractivity contribution in [1.29, 1.82) is 0 Å². The Morgan fingerprint density at radius 2 is 1.90 bits per heavy atom. The van der Waals surface area contributed by atoms with Crippen molar-refractivity contribution < 1.29 is 19.5 Å². The molecule has 7 nitrogen and oxygen atoms in total. The summed E-state index contributed by atoms with van der Waals surface area (Å²) in [7, 11) is 1.49. The Bertz CT molecular complexity index is 490. The third-order valence-electron chi connectivity index (χ3n) is 2.57. The predicted octanol–water partition coefficient (Wildman–Crippen LogP) is -1.28. The zero-order chi connectivity index (χ0) is 15.1. The van der Waals surface area contributed by atoms with Crippen LogP contribution in [-0.2, 0) is 9.59 Å². The standard InChI is InChI=1S/C13H17N3O4/c1-16(13(20)9-5-3-2-4-6-9)8-11(18)15-7-10(17)12(14)19/h2-6,10,17H,7-8H2,1H3,(H2,14,19)(H,15,18). The first-order chi connectivity index (χ1) is 9.41. The van der Waals surface area contributed by atoms with Gasteiger partial charge >= 0.3 is 0 Å². The quantitative estimate of drug-likeness (QED) is 0.602. The van der Waals surface area contributed by atoms with E-state index in [1.165, 1.54) is 11.9 Å². The Morgan fingerprint density at radius 3 is 2.45 bits per heavy atom. The topological polar surface area (TPSA) is 113 Å². The lowest BCUT2D eigenvalue weighted by molar-refractivity contribution is -0.127. The molecule has 4 N–H and O–H groups in total. The Balaban J connectivity index is 2.46. The molecule has 1 aromatic carbocycles. The highest BCUT2D eigenvalue weighted by Crippen LogP contribution is 2.02. The number of carbonyl (C=O) groups is 3. The third-order valence-corrected chi connectivity index (χ3v) is 2.57. The molecule has 3 amide bonds. The van der Waals surface area contributed by atoms with E-state index < -0.39 is 17.9 Å². The van der Waals surface area contributed by atoms with Crippen LogP contribution in [0.25, 0.3) is 0 Å². The molecule has 0 heterocycles. The number of nitrogens with two attached hydrogens (primary N) is 1. The van der Waals surface area contributed by atoms with Gasteiger partial charge in [-0.2, -0.15) is 0 Å². The summed E-state index contributed by atoms with van der Waals surface area (Å²) < 4.78 is 0. The molecule has 0 fully saturated rings. The van der Waals surface area contributed by atoms with E-state index in [4.69, 9.17) is 10.8 Å². The lowest BCUT2D eigenvalue weighted by Gasteiger charge is -2.17. The van der Waals surface area contributed by atoms with Gasteiger partial charge in [-0.05, 0) is 12.1 Å². The largest absolute Gasteiger partial charge is 0.381 e. The number of likely N-dealkylation sites (N-methyl/N-ethyl adjacent to an activating group) is 1. The van der Waals surface area contributed by atoms with Crippen molar-refractivity contribution >= 4 is 17.7 Å². The Morgan fingerprint density at radius 1 is 1.30 bits per heavy atom. The molecule has 0 spiro atoms. The number of aliphatic hydroxyl groups is 1. The van der Waals surface area contributed by atoms with Crippen molar-refractivity contribution in [3.63, 3.8) is 0 Å². The summed E-state index contributed by atoms with van der Waals surface area (Å²) in [5, 5.41) is 11.4. The molecule has 0 bridgehead atoms. The van der Waals surface area contributed by atoms with E-state index in [9.17, 15) is 14.4 Å². The molecule has 0 saturated heterocycles. The van der Waals surface area contributed by atoms with Gasteiger partial charge in [0, 0.05) is 12.6 Å². The number of carbonyl (C=O) groups excluding carboxylic acids is 3. The number of rotatable bonds is 6. The number of nitrogens with zero attached hydrogens (tertiary/aromatic N) is 1. The third kappa shape index (κ3) is 4.69. The molecule has 1 atom stereocenters. The Hall–Kier alpha value is -2.41. The summed E-state index contributed by atoms with van der Waals surface area (Å²) in [4.78, 5) is 35.3. The van der Waals surface area contributed by atoms with Crippen LogP contribution in [0.5, 0.6) is 0 Å². The molecule has 1 rings (SSSR count). The van der Waals surface area contributed by atoms with Crippen LogP contribution in [0.15, 0.2) is 30.3 Å². The summed E-state index contributed by atoms with van der Waals surface area (Å²) in [5.41, 5.74) is 5.32. The molecule has 0 aliphatic rings. The normalized spacial score (nSPS) is 11.5. The molecule has 0 saturated carbocycles. The molecule has 1 aromatic rings. The van der Waals surface area contributed by atoms with Crippen LogP contribution in [0.2, 0.25) is 0 Å². The average Bonchev–Trinajstić information content (AvgIpc) is 2.44. The van der Waals surface area contributed by atoms with Gasteiger partial charge in [0.05, 0.1) is 13.1 Å². The number of aliphatic hydroxyl groups excluding tert-OH is 1. The van der Waals surface area contributed by atoms with Crippen LogP contribution < -0.4 is 11.1 Å². The summed E-state index contributed by atoms with van der Waals surface area (Å²) in [6, 6.07) is 8.53. The van der Waals surface area contributed by atoms with E-state index in [0.717, 1.165) is 0 Å². The second-order valence-corrected chi connectivity index (χ2v) is 4.25. The van der Waals surface area contributed by atoms with Crippen LogP contribution in [0, 0.1) is 0 Å². The minimum Gasteiger partial charge on any atom is -0.381 e. The molecule has 0 aliphatic carbocycles. The maximum absolute atomic E-state index is 11.9. The van der Waals surface area contributed by atoms with E-state index in [1.807, 2.05) is 0 Å². The minimum atomic E-state index is -1.44. The fraction of sp³-hybridized carbons (Fsp3) is 0.308. The Kier molecular flexibility index (Phi) is 5.67. The summed E-state index contributed by atoms with van der Waals surface area (Å²) in [5.74, 6) is -1.70. The maximum atomic E-state index is 11.9. The first kappa shape index (κ1) is 15.6. The van der Waals surface area contributed by atoms with E-state index >= 15 is 0 Å². The molecular weight excluding hydrogens is 262 g/mol. The SMILES string of the molecule is CN(CC(=O)NCC(O)C(N)=O)C(=O)c1ccccc1. The first-order valence-corrected chi connectivity index (χ1v) is 5.96. The van der Waals surface area contributed by atoms with Gasteiger partial charge in [-0.1, -0.05) is 18.2 Å². The number of primary amides is 1. The number of hydrogen-bond donors (Lipinski definition) is 3. The van der Waals surface area contributed by atoms with Crippen LogP contribution in [0.1, 0.15) is 10.4 Å². The maximum Gasteiger partial charge on any atom is 0.254 e. The van der Waals surface area contributed by atoms with Crippen LogP contribution in [-0.4, -0.2) is 54.0 Å². The average molecular weight is 279 g/mol. The monoisotopic (exact) mass is 279 g/mol. The van der Waals surface area contributed by atoms with Crippen molar-refractivity contribution in [1.82, 2.24) is 10.2 Å². The van der Waals surface area contributed by atoms with E-state index in [0.29, 0.717) is 5.56 Å². The second kappa shape index (κ2) is 7.25. The van der Waals surface area contributed by atoms with E-state index in [-0.39, 0.29) is 19.0 Å². The molecule has 0 aromatic heterocycles. The highest BCUT2D eigenvalue weighted by atomic mass is 16.3. The molecular formula is C13H17N3O4. The van der Waals surface area contributed by atoms with Gasteiger partial charge in [-0.15, -0.1) is 0 Å². The van der Waals surface area contributed by atoms with Gasteiger partial charge in [0.15, 0.2) is 0 Å². The number of benzene rings is 1. The van der Waals surface area contributed by atoms with Crippen LogP contribution >= 0.6 is 0 Å². The van der Waals surface area contributed by atoms with Crippen molar-refractivity contribution in [3.8, 4) is 0 Å². The highest BCUT2D eigenvalue weighted by molar-refractivity contribution is 5.96. The first-order valence-electron chi connectivity index (χ1n) is 5.96. The minimum absolute atomic E-state index is 0.181. The lowest BCUT2D eigenvalue weighted by atomic mass is 10.2. The highest BCUT2D eigenvalue weighted by Gasteiger charge is 2.16. The summed E-state index contributed by atoms with van der Waals surface area (Å²) in [6.45, 7) is -0.458. The summed E-state index contributed by atoms with van der Waals surface area (Å²) >= 11 is 0. The molecule has 20 heavy (non-hydrogen) atoms. The Labute approximate surface area is 116 Å². The van der Waals surface area contributed by atoms with E-state index in [2.05, 4.69) is 5.32 Å². The molecule has 0 radical (unpaired) electrons. The van der Waals surface area contributed by atoms with E-state index in [1.54, 1.807) is 30.3 Å². The lowest BCUT2D eigenvalue weighted by Crippen LogP contribution is -2.44. The van der Waals surface area contributed by atoms with Gasteiger partial charge in [0.2, 0.25) is 11.8 Å². The zero-order valence-corrected chi connectivity index (χ0v) is 11.1. The fourth-order valence-electron chi connectivity index (χ4n) is 1.46. The van der Waals surface area contributed by atoms with Crippen molar-refractivity contribution in [2.24, 2.45) is 5.73 Å². The smallest absolute Gasteiger partial charge is 0.254 e. The molecule has 0 aliphatic heterocycles. The van der Waals surface area contributed by atoms with Crippen molar-refractivity contribution in [2.75, 3.05) is 20.1 Å². The van der Waals surface area contributed by atoms with Crippen LogP contribution in [0.3, 0.4) is 0 Å². The van der Waals surface area contributed by atoms with Crippen LogP contribution in [0.4, 0.5) is 0 Å². The second-order valence-electron chi connectivity index (χ2n) is 4.25. The summed E-state index contributed by atoms with van der Waals surface area (Å²) in [6.07, 6.45) is -1.44. The molecule has 1 unspecified atom stereocenters. The molecule has 108 valence electrons. The number of nitrogens with one attached hydrogen (secondary N) is 1. The van der Waals surface area contributed by atoms with Gasteiger partial charge < -0.3 is 21.1 Å². The van der Waals surface area contributed by atoms with Gasteiger partial charge in [-0.3, -0.25) is 14.4 Å². The van der Waals surface area contributed by atoms with Gasteiger partial charge in [-0.25, -0.2) is 0 Å². The molecule has 7 heteroatoms. The van der Waals surface area contributed by atoms with Crippen molar-refractivity contribution in [3.05, 3.63) is 35.9 Å². The number of hydrogen-bond acceptors (Lipinski definition) is 4. The zero-order valence-electron chi connectivity index (χ0n) is 11.1. The fourth-order valence-corrected chi connectivity index (χ4v) is 1.46. The van der Waals surface area contributed by atoms with Crippen molar-refractivity contribution in [2.45, 2.75) is 6.10 Å². The van der Waals surface area contributed by atoms with Gasteiger partial charge in [0.1, 0.15) is 6.10 Å².